The molecule has 0 saturated heterocycles. The van der Waals surface area contributed by atoms with E-state index in [1.165, 1.54) is 0 Å². The van der Waals surface area contributed by atoms with Crippen molar-refractivity contribution < 1.29 is 9.53 Å². The zero-order valence-corrected chi connectivity index (χ0v) is 11.6. The molecule has 2 aromatic carbocycles. The van der Waals surface area contributed by atoms with Gasteiger partial charge in [0, 0.05) is 0 Å². The van der Waals surface area contributed by atoms with Crippen LogP contribution in [0.5, 0.6) is 5.75 Å². The summed E-state index contributed by atoms with van der Waals surface area (Å²) in [6.45, 7) is 6.07. The van der Waals surface area contributed by atoms with Gasteiger partial charge in [-0.1, -0.05) is 30.3 Å². The molecule has 2 rings (SSSR count). The number of ether oxygens (including phenoxy) is 1. The molecule has 0 atom stereocenters. The molecule has 2 nitrogen and oxygen atoms in total. The number of Topliss-reactive ketones (excluding diaryl/α,β-unsaturated/α-hetero) is 1. The third-order valence-electron chi connectivity index (χ3n) is 3.21. The maximum Gasteiger partial charge on any atom is 0.163 e. The molecule has 0 aliphatic carbocycles. The molecule has 2 aromatic rings. The van der Waals surface area contributed by atoms with Gasteiger partial charge < -0.3 is 4.74 Å². The average molecular weight is 254 g/mol. The van der Waals surface area contributed by atoms with E-state index in [0.29, 0.717) is 17.9 Å². The fraction of sp³-hybridized carbons (Fsp3) is 0.235. The molecule has 0 heterocycles. The quantitative estimate of drug-likeness (QED) is 0.768. The molecule has 2 heteroatoms. The van der Waals surface area contributed by atoms with Crippen LogP contribution >= 0.6 is 0 Å². The Morgan fingerprint density at radius 1 is 1.05 bits per heavy atom. The van der Waals surface area contributed by atoms with Gasteiger partial charge in [0.15, 0.2) is 5.78 Å². The van der Waals surface area contributed by atoms with Gasteiger partial charge in [-0.2, -0.15) is 0 Å². The van der Waals surface area contributed by atoms with Crippen molar-refractivity contribution in [3.05, 3.63) is 64.7 Å². The minimum Gasteiger partial charge on any atom is -0.488 e. The number of ketones is 1. The molecular weight excluding hydrogens is 236 g/mol. The summed E-state index contributed by atoms with van der Waals surface area (Å²) in [5, 5.41) is 0. The largest absolute Gasteiger partial charge is 0.488 e. The summed E-state index contributed by atoms with van der Waals surface area (Å²) in [7, 11) is 0. The Balaban J connectivity index is 2.24. The number of aryl methyl sites for hydroxylation is 2. The van der Waals surface area contributed by atoms with Gasteiger partial charge >= 0.3 is 0 Å². The van der Waals surface area contributed by atoms with Crippen molar-refractivity contribution in [3.63, 3.8) is 0 Å². The summed E-state index contributed by atoms with van der Waals surface area (Å²) >= 11 is 0. The third-order valence-corrected chi connectivity index (χ3v) is 3.21. The van der Waals surface area contributed by atoms with Crippen LogP contribution < -0.4 is 4.74 Å². The smallest absolute Gasteiger partial charge is 0.163 e. The molecule has 0 N–H and O–H groups in total. The van der Waals surface area contributed by atoms with E-state index >= 15 is 0 Å². The molecule has 0 radical (unpaired) electrons. The van der Waals surface area contributed by atoms with Gasteiger partial charge in [-0.05, 0) is 49.6 Å². The number of carbonyl (C=O) groups is 1. The van der Waals surface area contributed by atoms with Gasteiger partial charge in [-0.15, -0.1) is 0 Å². The molecule has 0 amide bonds. The average Bonchev–Trinajstić information content (AvgIpc) is 2.40. The van der Waals surface area contributed by atoms with Crippen molar-refractivity contribution in [2.45, 2.75) is 27.4 Å². The van der Waals surface area contributed by atoms with Crippen molar-refractivity contribution in [2.24, 2.45) is 0 Å². The minimum atomic E-state index is 0.0335. The van der Waals surface area contributed by atoms with Crippen LogP contribution in [0.15, 0.2) is 42.5 Å². The lowest BCUT2D eigenvalue weighted by Gasteiger charge is -2.12. The number of carbonyl (C=O) groups excluding carboxylic acids is 1. The highest BCUT2D eigenvalue weighted by atomic mass is 16.5. The Bertz CT molecular complexity index is 586. The fourth-order valence-corrected chi connectivity index (χ4v) is 1.92. The van der Waals surface area contributed by atoms with E-state index in [0.717, 1.165) is 16.7 Å². The molecule has 0 aliphatic rings. The Morgan fingerprint density at radius 2 is 1.68 bits per heavy atom. The van der Waals surface area contributed by atoms with Gasteiger partial charge in [0.2, 0.25) is 0 Å². The maximum atomic E-state index is 11.7. The van der Waals surface area contributed by atoms with Crippen molar-refractivity contribution in [2.75, 3.05) is 0 Å². The first kappa shape index (κ1) is 13.3. The molecule has 0 saturated carbocycles. The molecule has 0 unspecified atom stereocenters. The summed E-state index contributed by atoms with van der Waals surface area (Å²) in [6.07, 6.45) is 0. The Kier molecular flexibility index (Phi) is 4.00. The second-order valence-electron chi connectivity index (χ2n) is 4.76. The highest BCUT2D eigenvalue weighted by molar-refractivity contribution is 5.97. The molecule has 0 aliphatic heterocycles. The third kappa shape index (κ3) is 3.22. The minimum absolute atomic E-state index is 0.0335. The molecule has 98 valence electrons. The predicted octanol–water partition coefficient (Wildman–Crippen LogP) is 4.09. The lowest BCUT2D eigenvalue weighted by atomic mass is 10.0. The van der Waals surface area contributed by atoms with Gasteiger partial charge in [-0.3, -0.25) is 4.79 Å². The summed E-state index contributed by atoms with van der Waals surface area (Å²) in [5.41, 5.74) is 3.99. The van der Waals surface area contributed by atoms with Crippen molar-refractivity contribution in [1.29, 1.82) is 0 Å². The molecule has 0 fully saturated rings. The van der Waals surface area contributed by atoms with E-state index in [1.54, 1.807) is 6.92 Å². The number of rotatable bonds is 4. The Labute approximate surface area is 114 Å². The second kappa shape index (κ2) is 5.70. The Hall–Kier alpha value is -2.09. The first-order chi connectivity index (χ1) is 9.08. The van der Waals surface area contributed by atoms with Gasteiger partial charge in [0.1, 0.15) is 12.4 Å². The highest BCUT2D eigenvalue weighted by Gasteiger charge is 2.10. The van der Waals surface area contributed by atoms with Gasteiger partial charge in [0.05, 0.1) is 5.56 Å². The van der Waals surface area contributed by atoms with Crippen molar-refractivity contribution >= 4 is 5.78 Å². The number of hydrogen-bond acceptors (Lipinski definition) is 2. The number of benzene rings is 2. The van der Waals surface area contributed by atoms with Crippen LogP contribution in [0.4, 0.5) is 0 Å². The zero-order chi connectivity index (χ0) is 13.8. The topological polar surface area (TPSA) is 26.3 Å². The molecule has 0 aromatic heterocycles. The second-order valence-corrected chi connectivity index (χ2v) is 4.76. The van der Waals surface area contributed by atoms with Crippen LogP contribution in [0.25, 0.3) is 0 Å². The first-order valence-electron chi connectivity index (χ1n) is 6.37. The molecule has 0 bridgehead atoms. The van der Waals surface area contributed by atoms with Crippen LogP contribution in [-0.2, 0) is 6.61 Å². The van der Waals surface area contributed by atoms with Crippen LogP contribution in [0.2, 0.25) is 0 Å². The standard InChI is InChI=1S/C17H18O2/c1-12-9-16(14(3)18)17(10-13(12)2)19-11-15-7-5-4-6-8-15/h4-10H,11H2,1-3H3. The fourth-order valence-electron chi connectivity index (χ4n) is 1.92. The van der Waals surface area contributed by atoms with Crippen LogP contribution in [0.3, 0.4) is 0 Å². The van der Waals surface area contributed by atoms with Gasteiger partial charge in [-0.25, -0.2) is 0 Å². The SMILES string of the molecule is CC(=O)c1cc(C)c(C)cc1OCc1ccccc1. The van der Waals surface area contributed by atoms with E-state index in [2.05, 4.69) is 0 Å². The lowest BCUT2D eigenvalue weighted by Crippen LogP contribution is -2.03. The van der Waals surface area contributed by atoms with E-state index in [4.69, 9.17) is 4.74 Å². The van der Waals surface area contributed by atoms with Gasteiger partial charge in [0.25, 0.3) is 0 Å². The Morgan fingerprint density at radius 3 is 2.32 bits per heavy atom. The van der Waals surface area contributed by atoms with E-state index in [1.807, 2.05) is 56.3 Å². The molecule has 19 heavy (non-hydrogen) atoms. The normalized spacial score (nSPS) is 10.3. The summed E-state index contributed by atoms with van der Waals surface area (Å²) in [6, 6.07) is 13.8. The molecular formula is C17H18O2. The molecule has 0 spiro atoms. The van der Waals surface area contributed by atoms with Crippen LogP contribution in [0, 0.1) is 13.8 Å². The van der Waals surface area contributed by atoms with Crippen molar-refractivity contribution in [3.8, 4) is 5.75 Å². The summed E-state index contributed by atoms with van der Waals surface area (Å²) in [5.74, 6) is 0.700. The zero-order valence-electron chi connectivity index (χ0n) is 11.6. The highest BCUT2D eigenvalue weighted by Crippen LogP contribution is 2.24. The van der Waals surface area contributed by atoms with E-state index < -0.39 is 0 Å². The summed E-state index contributed by atoms with van der Waals surface area (Å²) < 4.78 is 5.80. The van der Waals surface area contributed by atoms with E-state index in [9.17, 15) is 4.79 Å². The first-order valence-corrected chi connectivity index (χ1v) is 6.37. The number of hydrogen-bond donors (Lipinski definition) is 0. The van der Waals surface area contributed by atoms with Crippen molar-refractivity contribution in [1.82, 2.24) is 0 Å². The predicted molar refractivity (Wildman–Crippen MR) is 76.7 cm³/mol. The maximum absolute atomic E-state index is 11.7. The monoisotopic (exact) mass is 254 g/mol. The van der Waals surface area contributed by atoms with Crippen LogP contribution in [-0.4, -0.2) is 5.78 Å². The van der Waals surface area contributed by atoms with Crippen LogP contribution in [0.1, 0.15) is 34.0 Å². The van der Waals surface area contributed by atoms with E-state index in [-0.39, 0.29) is 5.78 Å². The lowest BCUT2D eigenvalue weighted by molar-refractivity contribution is 0.101. The summed E-state index contributed by atoms with van der Waals surface area (Å²) in [4.78, 5) is 11.7.